The van der Waals surface area contributed by atoms with E-state index < -0.39 is 6.09 Å². The van der Waals surface area contributed by atoms with Crippen LogP contribution in [0, 0.1) is 0 Å². The van der Waals surface area contributed by atoms with E-state index in [0.717, 1.165) is 25.7 Å². The molecule has 0 unspecified atom stereocenters. The topological polar surface area (TPSA) is 60.8 Å². The van der Waals surface area contributed by atoms with Gasteiger partial charge >= 0.3 is 6.09 Å². The van der Waals surface area contributed by atoms with Crippen LogP contribution >= 0.6 is 0 Å². The number of carbonyl (C=O) groups is 1. The largest absolute Gasteiger partial charge is 0.465 e. The summed E-state index contributed by atoms with van der Waals surface area (Å²) in [6.45, 7) is 0.703. The lowest BCUT2D eigenvalue weighted by atomic mass is 10.1. The Bertz CT molecular complexity index is 172. The van der Waals surface area contributed by atoms with Gasteiger partial charge < -0.3 is 15.1 Å². The van der Waals surface area contributed by atoms with Gasteiger partial charge in [0.25, 0.3) is 0 Å². The van der Waals surface area contributed by atoms with E-state index in [1.807, 2.05) is 0 Å². The third kappa shape index (κ3) is 2.88. The summed E-state index contributed by atoms with van der Waals surface area (Å²) in [4.78, 5) is 12.3. The van der Waals surface area contributed by atoms with Crippen molar-refractivity contribution in [3.05, 3.63) is 0 Å². The monoisotopic (exact) mass is 187 g/mol. The maximum Gasteiger partial charge on any atom is 0.407 e. The quantitative estimate of drug-likeness (QED) is 0.684. The van der Waals surface area contributed by atoms with Crippen LogP contribution in [0.5, 0.6) is 0 Å². The third-order valence-electron chi connectivity index (χ3n) is 2.59. The molecule has 13 heavy (non-hydrogen) atoms. The van der Waals surface area contributed by atoms with Crippen molar-refractivity contribution in [3.63, 3.8) is 0 Å². The predicted octanol–water partition coefficient (Wildman–Crippen LogP) is 1.29. The molecule has 1 rings (SSSR count). The fourth-order valence-electron chi connectivity index (χ4n) is 1.88. The van der Waals surface area contributed by atoms with Crippen molar-refractivity contribution in [1.82, 2.24) is 4.90 Å². The van der Waals surface area contributed by atoms with Crippen LogP contribution in [0.25, 0.3) is 0 Å². The van der Waals surface area contributed by atoms with E-state index in [9.17, 15) is 4.79 Å². The number of nitrogens with zero attached hydrogens (tertiary/aromatic N) is 1. The van der Waals surface area contributed by atoms with Crippen molar-refractivity contribution in [2.75, 3.05) is 13.2 Å². The summed E-state index contributed by atoms with van der Waals surface area (Å²) in [7, 11) is 0. The molecule has 2 N–H and O–H groups in total. The van der Waals surface area contributed by atoms with Gasteiger partial charge in [0, 0.05) is 19.2 Å². The molecular formula is C9H17NO3. The fourth-order valence-corrected chi connectivity index (χ4v) is 1.88. The van der Waals surface area contributed by atoms with Crippen molar-refractivity contribution < 1.29 is 15.0 Å². The lowest BCUT2D eigenvalue weighted by molar-refractivity contribution is 0.115. The molecule has 0 radical (unpaired) electrons. The number of likely N-dealkylation sites (tertiary alicyclic amines) is 1. The van der Waals surface area contributed by atoms with E-state index in [1.54, 1.807) is 0 Å². The Morgan fingerprint density at radius 2 is 2.15 bits per heavy atom. The van der Waals surface area contributed by atoms with Crippen molar-refractivity contribution in [2.24, 2.45) is 0 Å². The van der Waals surface area contributed by atoms with Gasteiger partial charge in [-0.1, -0.05) is 12.8 Å². The molecule has 0 saturated carbocycles. The highest BCUT2D eigenvalue weighted by Gasteiger charge is 2.23. The van der Waals surface area contributed by atoms with Gasteiger partial charge in [0.1, 0.15) is 0 Å². The summed E-state index contributed by atoms with van der Waals surface area (Å²) in [5.41, 5.74) is 0. The minimum absolute atomic E-state index is 0.0324. The summed E-state index contributed by atoms with van der Waals surface area (Å²) in [6, 6.07) is 0.0324. The molecule has 0 aromatic carbocycles. The van der Waals surface area contributed by atoms with Gasteiger partial charge in [-0.05, 0) is 19.3 Å². The Hall–Kier alpha value is -0.770. The second kappa shape index (κ2) is 5.07. The summed E-state index contributed by atoms with van der Waals surface area (Å²) in [5.74, 6) is 0. The zero-order valence-corrected chi connectivity index (χ0v) is 7.78. The molecule has 1 fully saturated rings. The maximum atomic E-state index is 10.8. The molecule has 0 aliphatic carbocycles. The average Bonchev–Trinajstić information content (AvgIpc) is 2.30. The number of rotatable bonds is 2. The van der Waals surface area contributed by atoms with E-state index in [2.05, 4.69) is 0 Å². The molecule has 1 aliphatic heterocycles. The number of carboxylic acid groups (broad SMARTS) is 1. The molecule has 0 spiro atoms. The zero-order valence-electron chi connectivity index (χ0n) is 7.78. The molecule has 1 amide bonds. The molecule has 0 aromatic heterocycles. The lowest BCUT2D eigenvalue weighted by Crippen LogP contribution is -2.39. The lowest BCUT2D eigenvalue weighted by Gasteiger charge is -2.26. The predicted molar refractivity (Wildman–Crippen MR) is 48.7 cm³/mol. The number of hydrogen-bond donors (Lipinski definition) is 2. The smallest absolute Gasteiger partial charge is 0.407 e. The molecule has 0 bridgehead atoms. The number of amides is 1. The molecule has 4 nitrogen and oxygen atoms in total. The number of hydrogen-bond acceptors (Lipinski definition) is 2. The first-order chi connectivity index (χ1) is 6.25. The van der Waals surface area contributed by atoms with Crippen molar-refractivity contribution in [1.29, 1.82) is 0 Å². The minimum Gasteiger partial charge on any atom is -0.465 e. The summed E-state index contributed by atoms with van der Waals surface area (Å²) in [5, 5.41) is 17.7. The molecule has 1 heterocycles. The van der Waals surface area contributed by atoms with Crippen LogP contribution in [-0.4, -0.2) is 40.4 Å². The van der Waals surface area contributed by atoms with Crippen LogP contribution < -0.4 is 0 Å². The normalized spacial score (nSPS) is 24.1. The van der Waals surface area contributed by atoms with Gasteiger partial charge in [-0.25, -0.2) is 4.79 Å². The summed E-state index contributed by atoms with van der Waals surface area (Å²) < 4.78 is 0. The maximum absolute atomic E-state index is 10.8. The summed E-state index contributed by atoms with van der Waals surface area (Å²) >= 11 is 0. The Morgan fingerprint density at radius 1 is 1.38 bits per heavy atom. The average molecular weight is 187 g/mol. The van der Waals surface area contributed by atoms with Crippen LogP contribution in [0.1, 0.15) is 32.1 Å². The van der Waals surface area contributed by atoms with Gasteiger partial charge in [-0.2, -0.15) is 0 Å². The Kier molecular flexibility index (Phi) is 4.02. The molecular weight excluding hydrogens is 170 g/mol. The Labute approximate surface area is 78.2 Å². The van der Waals surface area contributed by atoms with E-state index in [0.29, 0.717) is 13.0 Å². The van der Waals surface area contributed by atoms with Crippen LogP contribution in [0.4, 0.5) is 4.79 Å². The summed E-state index contributed by atoms with van der Waals surface area (Å²) in [6.07, 6.45) is 3.76. The molecule has 76 valence electrons. The van der Waals surface area contributed by atoms with E-state index in [-0.39, 0.29) is 12.6 Å². The van der Waals surface area contributed by atoms with Gasteiger partial charge in [0.2, 0.25) is 0 Å². The molecule has 1 saturated heterocycles. The molecule has 1 atom stereocenters. The highest BCUT2D eigenvalue weighted by Crippen LogP contribution is 2.18. The van der Waals surface area contributed by atoms with Crippen molar-refractivity contribution in [3.8, 4) is 0 Å². The van der Waals surface area contributed by atoms with Gasteiger partial charge in [0.15, 0.2) is 0 Å². The van der Waals surface area contributed by atoms with Gasteiger partial charge in [-0.15, -0.1) is 0 Å². The van der Waals surface area contributed by atoms with E-state index in [1.165, 1.54) is 4.90 Å². The minimum atomic E-state index is -0.847. The second-order valence-corrected chi connectivity index (χ2v) is 3.49. The number of aliphatic hydroxyl groups excluding tert-OH is 1. The highest BCUT2D eigenvalue weighted by molar-refractivity contribution is 5.65. The molecule has 1 aliphatic rings. The van der Waals surface area contributed by atoms with Crippen molar-refractivity contribution in [2.45, 2.75) is 38.1 Å². The zero-order chi connectivity index (χ0) is 9.68. The van der Waals surface area contributed by atoms with E-state index >= 15 is 0 Å². The van der Waals surface area contributed by atoms with E-state index in [4.69, 9.17) is 10.2 Å². The fraction of sp³-hybridized carbons (Fsp3) is 0.889. The molecule has 4 heteroatoms. The molecule has 0 aromatic rings. The first kappa shape index (κ1) is 10.3. The standard InChI is InChI=1S/C9H17NO3/c11-7-5-8-4-2-1-3-6-10(8)9(12)13/h8,11H,1-7H2,(H,12,13)/t8-/m1/s1. The van der Waals surface area contributed by atoms with Crippen LogP contribution in [-0.2, 0) is 0 Å². The van der Waals surface area contributed by atoms with Crippen LogP contribution in [0.15, 0.2) is 0 Å². The van der Waals surface area contributed by atoms with Crippen LogP contribution in [0.3, 0.4) is 0 Å². The highest BCUT2D eigenvalue weighted by atomic mass is 16.4. The third-order valence-corrected chi connectivity index (χ3v) is 2.59. The first-order valence-corrected chi connectivity index (χ1v) is 4.86. The second-order valence-electron chi connectivity index (χ2n) is 3.49. The van der Waals surface area contributed by atoms with Gasteiger partial charge in [0.05, 0.1) is 0 Å². The number of aliphatic hydroxyl groups is 1. The van der Waals surface area contributed by atoms with Crippen molar-refractivity contribution >= 4 is 6.09 Å². The van der Waals surface area contributed by atoms with Gasteiger partial charge in [-0.3, -0.25) is 0 Å². The first-order valence-electron chi connectivity index (χ1n) is 4.86. The Morgan fingerprint density at radius 3 is 2.77 bits per heavy atom. The Balaban J connectivity index is 2.55. The SMILES string of the molecule is O=C(O)N1CCCCC[C@@H]1CCO. The van der Waals surface area contributed by atoms with Crippen LogP contribution in [0.2, 0.25) is 0 Å².